The summed E-state index contributed by atoms with van der Waals surface area (Å²) >= 11 is 11.9. The fraction of sp³-hybridized carbons (Fsp3) is 0.571. The fourth-order valence-corrected chi connectivity index (χ4v) is 3.07. The number of phenolic OH excluding ortho intramolecular Hbond substituents is 1. The molecule has 1 saturated heterocycles. The molecule has 0 saturated carbocycles. The van der Waals surface area contributed by atoms with Crippen molar-refractivity contribution in [1.29, 1.82) is 0 Å². The van der Waals surface area contributed by atoms with E-state index < -0.39 is 0 Å². The topological polar surface area (TPSA) is 23.5 Å². The molecule has 1 aromatic carbocycles. The molecule has 1 aliphatic rings. The molecule has 1 heterocycles. The third-order valence-corrected chi connectivity index (χ3v) is 4.26. The molecule has 1 unspecified atom stereocenters. The van der Waals surface area contributed by atoms with Crippen LogP contribution < -0.4 is 0 Å². The Morgan fingerprint density at radius 3 is 2.72 bits per heavy atom. The standard InChI is InChI=1S/C14H19Cl2NO/c1-9(2)10-3-4-17(7-10)8-11-5-12(15)6-13(16)14(11)18/h5-6,9-10,18H,3-4,7-8H2,1-2H3. The second-order valence-corrected chi connectivity index (χ2v) is 6.27. The van der Waals surface area contributed by atoms with E-state index in [2.05, 4.69) is 18.7 Å². The molecule has 100 valence electrons. The molecule has 1 aromatic rings. The van der Waals surface area contributed by atoms with Crippen molar-refractivity contribution in [1.82, 2.24) is 4.90 Å². The number of aromatic hydroxyl groups is 1. The maximum Gasteiger partial charge on any atom is 0.138 e. The van der Waals surface area contributed by atoms with E-state index in [1.54, 1.807) is 12.1 Å². The van der Waals surface area contributed by atoms with Crippen molar-refractivity contribution in [3.63, 3.8) is 0 Å². The average Bonchev–Trinajstić information content (AvgIpc) is 2.74. The summed E-state index contributed by atoms with van der Waals surface area (Å²) in [5, 5.41) is 10.8. The van der Waals surface area contributed by atoms with Gasteiger partial charge in [0, 0.05) is 23.7 Å². The van der Waals surface area contributed by atoms with Gasteiger partial charge in [-0.3, -0.25) is 4.90 Å². The van der Waals surface area contributed by atoms with E-state index in [1.165, 1.54) is 6.42 Å². The van der Waals surface area contributed by atoms with E-state index in [1.807, 2.05) is 0 Å². The quantitative estimate of drug-likeness (QED) is 0.902. The summed E-state index contributed by atoms with van der Waals surface area (Å²) in [6, 6.07) is 3.37. The smallest absolute Gasteiger partial charge is 0.138 e. The summed E-state index contributed by atoms with van der Waals surface area (Å²) < 4.78 is 0. The van der Waals surface area contributed by atoms with E-state index in [9.17, 15) is 5.11 Å². The van der Waals surface area contributed by atoms with Crippen molar-refractivity contribution < 1.29 is 5.11 Å². The SMILES string of the molecule is CC(C)C1CCN(Cc2cc(Cl)cc(Cl)c2O)C1. The zero-order chi connectivity index (χ0) is 13.3. The highest BCUT2D eigenvalue weighted by atomic mass is 35.5. The summed E-state index contributed by atoms with van der Waals surface area (Å²) in [5.41, 5.74) is 0.817. The van der Waals surface area contributed by atoms with Gasteiger partial charge in [0.25, 0.3) is 0 Å². The summed E-state index contributed by atoms with van der Waals surface area (Å²) in [5.74, 6) is 1.63. The third kappa shape index (κ3) is 3.11. The molecule has 0 amide bonds. The summed E-state index contributed by atoms with van der Waals surface area (Å²) in [4.78, 5) is 2.35. The summed E-state index contributed by atoms with van der Waals surface area (Å²) in [7, 11) is 0. The summed E-state index contributed by atoms with van der Waals surface area (Å²) in [6.45, 7) is 7.41. The number of hydrogen-bond donors (Lipinski definition) is 1. The highest BCUT2D eigenvalue weighted by Crippen LogP contribution is 2.33. The lowest BCUT2D eigenvalue weighted by atomic mass is 9.95. The Bertz CT molecular complexity index is 434. The first-order chi connectivity index (χ1) is 8.47. The van der Waals surface area contributed by atoms with Crippen LogP contribution in [0.25, 0.3) is 0 Å². The van der Waals surface area contributed by atoms with Crippen LogP contribution in [0.2, 0.25) is 10.0 Å². The molecule has 2 rings (SSSR count). The van der Waals surface area contributed by atoms with Crippen molar-refractivity contribution in [2.75, 3.05) is 13.1 Å². The maximum atomic E-state index is 9.94. The Morgan fingerprint density at radius 2 is 2.11 bits per heavy atom. The van der Waals surface area contributed by atoms with E-state index >= 15 is 0 Å². The lowest BCUT2D eigenvalue weighted by Gasteiger charge is -2.18. The van der Waals surface area contributed by atoms with Gasteiger partial charge in [-0.15, -0.1) is 0 Å². The molecule has 0 radical (unpaired) electrons. The van der Waals surface area contributed by atoms with Gasteiger partial charge in [-0.2, -0.15) is 0 Å². The van der Waals surface area contributed by atoms with E-state index in [4.69, 9.17) is 23.2 Å². The molecular formula is C14H19Cl2NO. The minimum Gasteiger partial charge on any atom is -0.506 e. The van der Waals surface area contributed by atoms with Crippen LogP contribution in [0.15, 0.2) is 12.1 Å². The average molecular weight is 288 g/mol. The normalized spacial score (nSPS) is 20.8. The van der Waals surface area contributed by atoms with Crippen molar-refractivity contribution >= 4 is 23.2 Å². The zero-order valence-corrected chi connectivity index (χ0v) is 12.3. The van der Waals surface area contributed by atoms with Gasteiger partial charge in [0.15, 0.2) is 0 Å². The monoisotopic (exact) mass is 287 g/mol. The molecule has 1 atom stereocenters. The zero-order valence-electron chi connectivity index (χ0n) is 10.8. The molecule has 1 aliphatic heterocycles. The molecular weight excluding hydrogens is 269 g/mol. The Labute approximate surface area is 119 Å². The van der Waals surface area contributed by atoms with Crippen LogP contribution in [-0.2, 0) is 6.54 Å². The number of phenols is 1. The molecule has 18 heavy (non-hydrogen) atoms. The fourth-order valence-electron chi connectivity index (χ4n) is 2.53. The highest BCUT2D eigenvalue weighted by molar-refractivity contribution is 6.35. The molecule has 0 spiro atoms. The lowest BCUT2D eigenvalue weighted by Crippen LogP contribution is -2.21. The molecule has 4 heteroatoms. The van der Waals surface area contributed by atoms with Crippen LogP contribution in [0.3, 0.4) is 0 Å². The lowest BCUT2D eigenvalue weighted by molar-refractivity contribution is 0.292. The van der Waals surface area contributed by atoms with Crippen molar-refractivity contribution in [3.05, 3.63) is 27.7 Å². The molecule has 2 nitrogen and oxygen atoms in total. The number of nitrogens with zero attached hydrogens (tertiary/aromatic N) is 1. The van der Waals surface area contributed by atoms with Gasteiger partial charge in [-0.05, 0) is 36.9 Å². The second kappa shape index (κ2) is 5.68. The van der Waals surface area contributed by atoms with Crippen LogP contribution in [0.4, 0.5) is 0 Å². The van der Waals surface area contributed by atoms with E-state index in [-0.39, 0.29) is 5.75 Å². The van der Waals surface area contributed by atoms with Crippen molar-refractivity contribution in [3.8, 4) is 5.75 Å². The number of benzene rings is 1. The second-order valence-electron chi connectivity index (χ2n) is 5.42. The molecule has 1 N–H and O–H groups in total. The van der Waals surface area contributed by atoms with Gasteiger partial charge in [0.2, 0.25) is 0 Å². The number of halogens is 2. The van der Waals surface area contributed by atoms with Gasteiger partial charge in [-0.1, -0.05) is 37.0 Å². The predicted molar refractivity (Wildman–Crippen MR) is 76.3 cm³/mol. The van der Waals surface area contributed by atoms with Crippen molar-refractivity contribution in [2.45, 2.75) is 26.8 Å². The van der Waals surface area contributed by atoms with Gasteiger partial charge in [-0.25, -0.2) is 0 Å². The Hall–Kier alpha value is -0.440. The first-order valence-corrected chi connectivity index (χ1v) is 7.12. The van der Waals surface area contributed by atoms with Crippen LogP contribution in [0, 0.1) is 11.8 Å². The van der Waals surface area contributed by atoms with Gasteiger partial charge in [0.05, 0.1) is 5.02 Å². The number of rotatable bonds is 3. The summed E-state index contributed by atoms with van der Waals surface area (Å²) in [6.07, 6.45) is 1.23. The number of hydrogen-bond acceptors (Lipinski definition) is 2. The van der Waals surface area contributed by atoms with Crippen LogP contribution >= 0.6 is 23.2 Å². The minimum absolute atomic E-state index is 0.161. The van der Waals surface area contributed by atoms with Crippen LogP contribution in [0.1, 0.15) is 25.8 Å². The van der Waals surface area contributed by atoms with Crippen molar-refractivity contribution in [2.24, 2.45) is 11.8 Å². The molecule has 1 fully saturated rings. The van der Waals surface area contributed by atoms with Gasteiger partial charge < -0.3 is 5.11 Å². The van der Waals surface area contributed by atoms with Gasteiger partial charge >= 0.3 is 0 Å². The van der Waals surface area contributed by atoms with Gasteiger partial charge in [0.1, 0.15) is 5.75 Å². The highest BCUT2D eigenvalue weighted by Gasteiger charge is 2.25. The molecule has 0 aliphatic carbocycles. The predicted octanol–water partition coefficient (Wildman–Crippen LogP) is 4.18. The minimum atomic E-state index is 0.161. The Kier molecular flexibility index (Phi) is 4.41. The Morgan fingerprint density at radius 1 is 1.39 bits per heavy atom. The van der Waals surface area contributed by atoms with E-state index in [0.29, 0.717) is 16.0 Å². The van der Waals surface area contributed by atoms with E-state index in [0.717, 1.165) is 31.1 Å². The largest absolute Gasteiger partial charge is 0.506 e. The first-order valence-electron chi connectivity index (χ1n) is 6.36. The maximum absolute atomic E-state index is 9.94. The third-order valence-electron chi connectivity index (χ3n) is 3.75. The molecule has 0 aromatic heterocycles. The number of likely N-dealkylation sites (tertiary alicyclic amines) is 1. The Balaban J connectivity index is 2.07. The first kappa shape index (κ1) is 14.0. The molecule has 0 bridgehead atoms. The van der Waals surface area contributed by atoms with Crippen LogP contribution in [-0.4, -0.2) is 23.1 Å². The van der Waals surface area contributed by atoms with Crippen LogP contribution in [0.5, 0.6) is 5.75 Å².